The van der Waals surface area contributed by atoms with Crippen LogP contribution in [0.1, 0.15) is 34.1 Å². The summed E-state index contributed by atoms with van der Waals surface area (Å²) in [6, 6.07) is 64.8. The van der Waals surface area contributed by atoms with Gasteiger partial charge in [0.1, 0.15) is 12.0 Å². The lowest BCUT2D eigenvalue weighted by Gasteiger charge is -2.32. The van der Waals surface area contributed by atoms with Crippen LogP contribution in [0.15, 0.2) is 208 Å². The molecule has 0 bridgehead atoms. The van der Waals surface area contributed by atoms with Gasteiger partial charge in [0.15, 0.2) is 5.84 Å². The van der Waals surface area contributed by atoms with E-state index in [1.807, 2.05) is 36.0 Å². The van der Waals surface area contributed by atoms with Crippen molar-refractivity contribution in [3.8, 4) is 27.9 Å². The van der Waals surface area contributed by atoms with Crippen molar-refractivity contribution < 1.29 is 0 Å². The first kappa shape index (κ1) is 35.1. The Labute approximate surface area is 342 Å². The molecule has 6 heteroatoms. The van der Waals surface area contributed by atoms with E-state index in [0.29, 0.717) is 0 Å². The highest BCUT2D eigenvalue weighted by Gasteiger charge is 2.27. The van der Waals surface area contributed by atoms with E-state index in [1.54, 1.807) is 11.8 Å². The number of nitrogens with zero attached hydrogens (tertiary/aromatic N) is 4. The molecule has 3 heterocycles. The zero-order chi connectivity index (χ0) is 38.3. The summed E-state index contributed by atoms with van der Waals surface area (Å²) in [5, 5.41) is 1.25. The van der Waals surface area contributed by atoms with Crippen LogP contribution in [0, 0.1) is 0 Å². The molecule has 4 nitrogen and oxygen atoms in total. The van der Waals surface area contributed by atoms with Gasteiger partial charge < -0.3 is 9.47 Å². The molecule has 2 aliphatic rings. The maximum absolute atomic E-state index is 5.18. The number of rotatable bonds is 5. The smallest absolute Gasteiger partial charge is 0.159 e. The van der Waals surface area contributed by atoms with Crippen molar-refractivity contribution in [2.75, 3.05) is 7.05 Å². The summed E-state index contributed by atoms with van der Waals surface area (Å²) in [6.45, 7) is 4.59. The van der Waals surface area contributed by atoms with Crippen molar-refractivity contribution in [2.45, 2.75) is 21.7 Å². The van der Waals surface area contributed by atoms with Crippen molar-refractivity contribution in [3.05, 3.63) is 217 Å². The second kappa shape index (κ2) is 15.0. The van der Waals surface area contributed by atoms with E-state index in [4.69, 9.17) is 9.98 Å². The molecule has 7 aromatic carbocycles. The van der Waals surface area contributed by atoms with Gasteiger partial charge in [-0.15, -0.1) is 11.8 Å². The molecule has 0 N–H and O–H groups in total. The predicted molar refractivity (Wildman–Crippen MR) is 242 cm³/mol. The lowest BCUT2D eigenvalue weighted by Crippen LogP contribution is -2.35. The lowest BCUT2D eigenvalue weighted by atomic mass is 9.97. The van der Waals surface area contributed by atoms with Crippen LogP contribution in [0.2, 0.25) is 0 Å². The molecule has 8 aromatic rings. The molecule has 0 spiro atoms. The number of fused-ring (bicyclic) bond motifs is 6. The number of aromatic nitrogens is 1. The predicted octanol–water partition coefficient (Wildman–Crippen LogP) is 13.2. The minimum Gasteiger partial charge on any atom is -0.333 e. The molecule has 274 valence electrons. The maximum Gasteiger partial charge on any atom is 0.159 e. The quantitative estimate of drug-likeness (QED) is 0.175. The molecule has 0 aliphatic carbocycles. The van der Waals surface area contributed by atoms with Gasteiger partial charge in [-0.1, -0.05) is 170 Å². The summed E-state index contributed by atoms with van der Waals surface area (Å²) < 4.78 is 2.47. The zero-order valence-corrected chi connectivity index (χ0v) is 33.1. The van der Waals surface area contributed by atoms with Crippen LogP contribution >= 0.6 is 23.5 Å². The molecule has 1 atom stereocenters. The average molecular weight is 771 g/mol. The molecular weight excluding hydrogens is 733 g/mol. The Balaban J connectivity index is 1.01. The van der Waals surface area contributed by atoms with Gasteiger partial charge in [-0.3, -0.25) is 0 Å². The molecular formula is C51H38N4S2. The van der Waals surface area contributed by atoms with Crippen molar-refractivity contribution in [3.63, 3.8) is 0 Å². The number of para-hydroxylation sites is 1. The first-order valence-corrected chi connectivity index (χ1v) is 20.9. The molecule has 2 aliphatic heterocycles. The molecule has 0 fully saturated rings. The molecule has 0 saturated heterocycles. The largest absolute Gasteiger partial charge is 0.333 e. The zero-order valence-electron chi connectivity index (χ0n) is 31.4. The second-order valence-corrected chi connectivity index (χ2v) is 16.4. The third kappa shape index (κ3) is 6.51. The second-order valence-electron chi connectivity index (χ2n) is 14.3. The number of thioether (sulfide) groups is 2. The Hall–Kier alpha value is -6.34. The Morgan fingerprint density at radius 3 is 1.91 bits per heavy atom. The highest BCUT2D eigenvalue weighted by atomic mass is 32.2. The van der Waals surface area contributed by atoms with Gasteiger partial charge in [-0.2, -0.15) is 0 Å². The SMILES string of the molecule is C=C1Sc2ccccc2SCc2c(c3ccccc3n2-c2ccc(-c3ccc(C4N=C(c5ccccc5)N=C(c5ccccc5)N4C)cc3)cc2)-c2ccccc21. The third-order valence-electron chi connectivity index (χ3n) is 10.8. The molecule has 1 aromatic heterocycles. The Morgan fingerprint density at radius 2 is 1.18 bits per heavy atom. The average Bonchev–Trinajstić information content (AvgIpc) is 3.60. The molecule has 1 unspecified atom stereocenters. The van der Waals surface area contributed by atoms with E-state index in [2.05, 4.69) is 181 Å². The molecule has 10 rings (SSSR count). The molecule has 0 amide bonds. The van der Waals surface area contributed by atoms with E-state index in [-0.39, 0.29) is 6.17 Å². The van der Waals surface area contributed by atoms with Crippen LogP contribution in [0.25, 0.3) is 43.7 Å². The minimum atomic E-state index is -0.218. The fourth-order valence-electron chi connectivity index (χ4n) is 8.01. The van der Waals surface area contributed by atoms with E-state index in [0.717, 1.165) is 55.8 Å². The van der Waals surface area contributed by atoms with E-state index < -0.39 is 0 Å². The van der Waals surface area contributed by atoms with Gasteiger partial charge in [0.05, 0.1) is 5.52 Å². The topological polar surface area (TPSA) is 32.9 Å². The van der Waals surface area contributed by atoms with Crippen molar-refractivity contribution in [1.82, 2.24) is 9.47 Å². The monoisotopic (exact) mass is 770 g/mol. The van der Waals surface area contributed by atoms with Gasteiger partial charge in [0.25, 0.3) is 0 Å². The molecule has 0 radical (unpaired) electrons. The number of aliphatic imine (C=N–C) groups is 2. The fourth-order valence-corrected chi connectivity index (χ4v) is 10.1. The first-order valence-electron chi connectivity index (χ1n) is 19.1. The lowest BCUT2D eigenvalue weighted by molar-refractivity contribution is 0.383. The molecule has 57 heavy (non-hydrogen) atoms. The first-order chi connectivity index (χ1) is 28.1. The summed E-state index contributed by atoms with van der Waals surface area (Å²) in [5.41, 5.74) is 12.8. The van der Waals surface area contributed by atoms with Gasteiger partial charge in [0.2, 0.25) is 0 Å². The van der Waals surface area contributed by atoms with Crippen LogP contribution in [0.5, 0.6) is 0 Å². The van der Waals surface area contributed by atoms with Crippen molar-refractivity contribution in [2.24, 2.45) is 9.98 Å². The number of hydrogen-bond donors (Lipinski definition) is 0. The number of benzene rings is 7. The van der Waals surface area contributed by atoms with E-state index in [1.165, 1.54) is 43.1 Å². The summed E-state index contributed by atoms with van der Waals surface area (Å²) in [4.78, 5) is 16.0. The standard InChI is InChI=1S/C51H38N4S2/c1-34-41-19-9-10-20-42(41)48-43-21-11-12-22-44(43)55(45(48)33-56-46-23-13-14-24-47(46)57-34)40-31-29-36(30-32-40)35-25-27-39(28-26-35)51-53-49(37-15-5-3-6-16-37)52-50(54(51)2)38-17-7-4-8-18-38/h3-32,51H,1,33H2,2H3. The van der Waals surface area contributed by atoms with Crippen LogP contribution in [0.4, 0.5) is 0 Å². The number of hydrogen-bond acceptors (Lipinski definition) is 5. The highest BCUT2D eigenvalue weighted by Crippen LogP contribution is 2.48. The van der Waals surface area contributed by atoms with Crippen LogP contribution in [-0.2, 0) is 5.75 Å². The van der Waals surface area contributed by atoms with Crippen molar-refractivity contribution in [1.29, 1.82) is 0 Å². The van der Waals surface area contributed by atoms with Gasteiger partial charge in [-0.05, 0) is 58.1 Å². The minimum absolute atomic E-state index is 0.218. The Kier molecular flexibility index (Phi) is 9.21. The summed E-state index contributed by atoms with van der Waals surface area (Å²) in [6.07, 6.45) is -0.218. The van der Waals surface area contributed by atoms with Crippen LogP contribution < -0.4 is 0 Å². The summed E-state index contributed by atoms with van der Waals surface area (Å²) in [5.74, 6) is 2.47. The fraction of sp³-hybridized carbons (Fsp3) is 0.0588. The molecule has 0 saturated carbocycles. The number of amidine groups is 2. The van der Waals surface area contributed by atoms with Crippen LogP contribution in [0.3, 0.4) is 0 Å². The summed E-state index contributed by atoms with van der Waals surface area (Å²) in [7, 11) is 2.08. The van der Waals surface area contributed by atoms with Gasteiger partial charge in [-0.25, -0.2) is 9.98 Å². The Bertz CT molecular complexity index is 2840. The normalized spacial score (nSPS) is 15.3. The van der Waals surface area contributed by atoms with Gasteiger partial charge in [0, 0.05) is 61.0 Å². The van der Waals surface area contributed by atoms with Crippen molar-refractivity contribution >= 4 is 51.0 Å². The maximum atomic E-state index is 5.18. The van der Waals surface area contributed by atoms with Gasteiger partial charge >= 0.3 is 0 Å². The summed E-state index contributed by atoms with van der Waals surface area (Å²) >= 11 is 3.66. The van der Waals surface area contributed by atoms with E-state index >= 15 is 0 Å². The Morgan fingerprint density at radius 1 is 0.579 bits per heavy atom. The van der Waals surface area contributed by atoms with Crippen LogP contribution in [-0.4, -0.2) is 28.2 Å². The van der Waals surface area contributed by atoms with E-state index in [9.17, 15) is 0 Å². The third-order valence-corrected chi connectivity index (χ3v) is 13.1. The highest BCUT2D eigenvalue weighted by molar-refractivity contribution is 8.09.